The molecule has 0 aromatic heterocycles. The van der Waals surface area contributed by atoms with Crippen molar-refractivity contribution in [2.75, 3.05) is 0 Å². The molecule has 0 unspecified atom stereocenters. The Kier molecular flexibility index (Phi) is 11.7. The predicted molar refractivity (Wildman–Crippen MR) is 38.8 cm³/mol. The largest absolute Gasteiger partial charge is 0.352 e. The zero-order valence-electron chi connectivity index (χ0n) is 5.50. The first-order valence-corrected chi connectivity index (χ1v) is 2.43. The lowest BCUT2D eigenvalue weighted by Gasteiger charge is -1.62. The SMILES string of the molecule is C=C/C=C\C.NC(N)=O. The number of rotatable bonds is 1. The quantitative estimate of drug-likeness (QED) is 0.503. The van der Waals surface area contributed by atoms with Gasteiger partial charge in [0.25, 0.3) is 0 Å². The van der Waals surface area contributed by atoms with Gasteiger partial charge in [-0.3, -0.25) is 0 Å². The monoisotopic (exact) mass is 128 g/mol. The Morgan fingerprint density at radius 2 is 1.89 bits per heavy atom. The van der Waals surface area contributed by atoms with Crippen LogP contribution in [-0.2, 0) is 0 Å². The van der Waals surface area contributed by atoms with Crippen molar-refractivity contribution in [1.29, 1.82) is 0 Å². The van der Waals surface area contributed by atoms with Crippen molar-refractivity contribution in [3.8, 4) is 0 Å². The van der Waals surface area contributed by atoms with Crippen molar-refractivity contribution in [2.24, 2.45) is 11.5 Å². The number of urea groups is 1. The maximum absolute atomic E-state index is 9.00. The van der Waals surface area contributed by atoms with E-state index in [4.69, 9.17) is 4.79 Å². The number of allylic oxidation sites excluding steroid dienone is 3. The topological polar surface area (TPSA) is 69.1 Å². The van der Waals surface area contributed by atoms with Crippen LogP contribution in [0.4, 0.5) is 4.79 Å². The molecule has 52 valence electrons. The molecule has 0 aliphatic rings. The first-order chi connectivity index (χ1) is 4.15. The summed E-state index contributed by atoms with van der Waals surface area (Å²) in [7, 11) is 0. The summed E-state index contributed by atoms with van der Waals surface area (Å²) in [5.74, 6) is 0. The van der Waals surface area contributed by atoms with E-state index in [1.54, 1.807) is 6.08 Å². The van der Waals surface area contributed by atoms with Crippen LogP contribution in [-0.4, -0.2) is 6.03 Å². The average molecular weight is 128 g/mol. The van der Waals surface area contributed by atoms with E-state index in [1.165, 1.54) is 0 Å². The van der Waals surface area contributed by atoms with E-state index in [2.05, 4.69) is 18.0 Å². The highest BCUT2D eigenvalue weighted by Crippen LogP contribution is 1.64. The smallest absolute Gasteiger partial charge is 0.309 e. The molecule has 3 nitrogen and oxygen atoms in total. The Balaban J connectivity index is 0. The summed E-state index contributed by atoms with van der Waals surface area (Å²) in [6.07, 6.45) is 5.58. The maximum Gasteiger partial charge on any atom is 0.309 e. The number of hydrogen-bond acceptors (Lipinski definition) is 1. The van der Waals surface area contributed by atoms with Gasteiger partial charge in [-0.2, -0.15) is 0 Å². The lowest BCUT2D eigenvalue weighted by molar-refractivity contribution is 0.256. The van der Waals surface area contributed by atoms with Crippen LogP contribution in [0.1, 0.15) is 6.92 Å². The fourth-order valence-electron chi connectivity index (χ4n) is 0.136. The van der Waals surface area contributed by atoms with E-state index in [-0.39, 0.29) is 0 Å². The van der Waals surface area contributed by atoms with Gasteiger partial charge in [-0.05, 0) is 6.92 Å². The second-order valence-electron chi connectivity index (χ2n) is 1.16. The third kappa shape index (κ3) is 271. The van der Waals surface area contributed by atoms with E-state index in [9.17, 15) is 0 Å². The van der Waals surface area contributed by atoms with E-state index in [0.29, 0.717) is 0 Å². The Morgan fingerprint density at radius 3 is 1.89 bits per heavy atom. The van der Waals surface area contributed by atoms with Gasteiger partial charge in [0.1, 0.15) is 0 Å². The van der Waals surface area contributed by atoms with Crippen molar-refractivity contribution >= 4 is 6.03 Å². The Bertz CT molecular complexity index is 104. The van der Waals surface area contributed by atoms with Gasteiger partial charge >= 0.3 is 6.03 Å². The van der Waals surface area contributed by atoms with Crippen LogP contribution in [0, 0.1) is 0 Å². The number of hydrogen-bond donors (Lipinski definition) is 2. The van der Waals surface area contributed by atoms with Crippen LogP contribution in [0.15, 0.2) is 24.8 Å². The minimum Gasteiger partial charge on any atom is -0.352 e. The van der Waals surface area contributed by atoms with Crippen molar-refractivity contribution in [3.05, 3.63) is 24.8 Å². The summed E-state index contributed by atoms with van der Waals surface area (Å²) < 4.78 is 0. The van der Waals surface area contributed by atoms with Crippen LogP contribution in [0.5, 0.6) is 0 Å². The molecule has 0 bridgehead atoms. The van der Waals surface area contributed by atoms with Crippen molar-refractivity contribution in [3.63, 3.8) is 0 Å². The molecule has 0 heterocycles. The van der Waals surface area contributed by atoms with Gasteiger partial charge in [-0.1, -0.05) is 24.8 Å². The highest BCUT2D eigenvalue weighted by Gasteiger charge is 1.60. The number of primary amides is 2. The number of carbonyl (C=O) groups excluding carboxylic acids is 1. The zero-order valence-corrected chi connectivity index (χ0v) is 5.50. The molecule has 0 aromatic rings. The summed E-state index contributed by atoms with van der Waals surface area (Å²) in [5, 5.41) is 0. The second-order valence-corrected chi connectivity index (χ2v) is 1.16. The van der Waals surface area contributed by atoms with Gasteiger partial charge in [0, 0.05) is 0 Å². The Morgan fingerprint density at radius 1 is 1.56 bits per heavy atom. The Labute approximate surface area is 55.0 Å². The standard InChI is InChI=1S/C5H8.CH4N2O/c1-3-5-4-2;2-1(3)4/h3-5H,1H2,2H3;(H4,2,3,4)/b5-4-;. The van der Waals surface area contributed by atoms with E-state index < -0.39 is 6.03 Å². The molecule has 0 aliphatic carbocycles. The van der Waals surface area contributed by atoms with Crippen LogP contribution in [0.25, 0.3) is 0 Å². The van der Waals surface area contributed by atoms with Gasteiger partial charge in [0.05, 0.1) is 0 Å². The molecule has 0 saturated heterocycles. The summed E-state index contributed by atoms with van der Waals surface area (Å²) in [4.78, 5) is 9.00. The van der Waals surface area contributed by atoms with Gasteiger partial charge < -0.3 is 11.5 Å². The van der Waals surface area contributed by atoms with Crippen molar-refractivity contribution in [1.82, 2.24) is 0 Å². The zero-order chi connectivity index (χ0) is 7.70. The average Bonchev–Trinajstić information content (AvgIpc) is 1.66. The van der Waals surface area contributed by atoms with Crippen molar-refractivity contribution < 1.29 is 4.79 Å². The first kappa shape index (κ1) is 10.7. The van der Waals surface area contributed by atoms with Crippen molar-refractivity contribution in [2.45, 2.75) is 6.92 Å². The summed E-state index contributed by atoms with van der Waals surface area (Å²) in [6, 6.07) is -0.833. The molecule has 4 N–H and O–H groups in total. The highest BCUT2D eigenvalue weighted by molar-refractivity contribution is 5.69. The van der Waals surface area contributed by atoms with E-state index in [0.717, 1.165) is 0 Å². The molecule has 0 fully saturated rings. The fourth-order valence-corrected chi connectivity index (χ4v) is 0.136. The second kappa shape index (κ2) is 9.89. The van der Waals surface area contributed by atoms with Gasteiger partial charge in [-0.15, -0.1) is 0 Å². The molecule has 0 aromatic carbocycles. The normalized spacial score (nSPS) is 7.67. The van der Waals surface area contributed by atoms with Crippen LogP contribution >= 0.6 is 0 Å². The summed E-state index contributed by atoms with van der Waals surface area (Å²) in [5.41, 5.74) is 8.50. The molecule has 0 atom stereocenters. The number of nitrogens with two attached hydrogens (primary N) is 2. The number of amides is 2. The minimum atomic E-state index is -0.833. The van der Waals surface area contributed by atoms with Crippen LogP contribution in [0.2, 0.25) is 0 Å². The van der Waals surface area contributed by atoms with E-state index in [1.807, 2.05) is 19.1 Å². The fraction of sp³-hybridized carbons (Fsp3) is 0.167. The number of carbonyl (C=O) groups is 1. The molecule has 0 rings (SSSR count). The first-order valence-electron chi connectivity index (χ1n) is 2.43. The molecule has 0 spiro atoms. The summed E-state index contributed by atoms with van der Waals surface area (Å²) >= 11 is 0. The summed E-state index contributed by atoms with van der Waals surface area (Å²) in [6.45, 7) is 5.42. The third-order valence-electron chi connectivity index (χ3n) is 0.329. The lowest BCUT2D eigenvalue weighted by atomic mass is 10.5. The predicted octanol–water partition coefficient (Wildman–Crippen LogP) is 0.772. The minimum absolute atomic E-state index is 0.833. The molecular weight excluding hydrogens is 116 g/mol. The Hall–Kier alpha value is -1.25. The molecular formula is C6H12N2O. The molecule has 2 amide bonds. The molecule has 0 saturated carbocycles. The van der Waals surface area contributed by atoms with Gasteiger partial charge in [0.15, 0.2) is 0 Å². The lowest BCUT2D eigenvalue weighted by Crippen LogP contribution is -2.18. The molecule has 0 radical (unpaired) electrons. The molecule has 9 heavy (non-hydrogen) atoms. The highest BCUT2D eigenvalue weighted by atomic mass is 16.2. The molecule has 3 heteroatoms. The van der Waals surface area contributed by atoms with Crippen LogP contribution in [0.3, 0.4) is 0 Å². The van der Waals surface area contributed by atoms with Gasteiger partial charge in [0.2, 0.25) is 0 Å². The molecule has 0 aliphatic heterocycles. The maximum atomic E-state index is 9.00. The van der Waals surface area contributed by atoms with Crippen LogP contribution < -0.4 is 11.5 Å². The van der Waals surface area contributed by atoms with Gasteiger partial charge in [-0.25, -0.2) is 4.79 Å². The third-order valence-corrected chi connectivity index (χ3v) is 0.329. The van der Waals surface area contributed by atoms with E-state index >= 15 is 0 Å².